The van der Waals surface area contributed by atoms with Crippen LogP contribution in [0.15, 0.2) is 29.2 Å². The van der Waals surface area contributed by atoms with Gasteiger partial charge in [0, 0.05) is 28.4 Å². The normalized spacial score (nSPS) is 19.4. The van der Waals surface area contributed by atoms with Gasteiger partial charge in [-0.15, -0.1) is 11.8 Å². The number of thioether (sulfide) groups is 1. The fourth-order valence-electron chi connectivity index (χ4n) is 2.90. The van der Waals surface area contributed by atoms with Crippen LogP contribution in [0.5, 0.6) is 0 Å². The van der Waals surface area contributed by atoms with E-state index in [2.05, 4.69) is 36.5 Å². The van der Waals surface area contributed by atoms with Crippen LogP contribution in [0, 0.1) is 0 Å². The molecule has 5 heteroatoms. The van der Waals surface area contributed by atoms with E-state index in [-0.39, 0.29) is 5.75 Å². The van der Waals surface area contributed by atoms with Gasteiger partial charge in [-0.25, -0.2) is 8.42 Å². The molecule has 1 aliphatic rings. The molecule has 3 nitrogen and oxygen atoms in total. The highest BCUT2D eigenvalue weighted by atomic mass is 32.2. The smallest absolute Gasteiger partial charge is 0.150 e. The number of hydrogen-bond donors (Lipinski definition) is 1. The molecule has 1 aliphatic heterocycles. The predicted molar refractivity (Wildman–Crippen MR) is 90.9 cm³/mol. The fraction of sp³-hybridized carbons (Fsp3) is 0.625. The first kappa shape index (κ1) is 16.8. The number of likely N-dealkylation sites (N-methyl/N-ethyl adjacent to an activating group) is 1. The Morgan fingerprint density at radius 1 is 1.33 bits per heavy atom. The summed E-state index contributed by atoms with van der Waals surface area (Å²) in [5, 5.41) is 3.56. The third-order valence-corrected chi connectivity index (χ3v) is 7.10. The lowest BCUT2D eigenvalue weighted by Crippen LogP contribution is -2.35. The Labute approximate surface area is 132 Å². The number of hydrogen-bond acceptors (Lipinski definition) is 4. The average molecular weight is 328 g/mol. The minimum Gasteiger partial charge on any atom is -0.314 e. The van der Waals surface area contributed by atoms with E-state index >= 15 is 0 Å². The molecule has 1 aromatic carbocycles. The van der Waals surface area contributed by atoms with Crippen LogP contribution in [-0.2, 0) is 9.84 Å². The number of rotatable bonds is 8. The molecular weight excluding hydrogens is 302 g/mol. The van der Waals surface area contributed by atoms with E-state index in [4.69, 9.17) is 0 Å². The number of fused-ring (bicyclic) bond motifs is 1. The Morgan fingerprint density at radius 2 is 2.10 bits per heavy atom. The number of nitrogens with one attached hydrogen (secondary N) is 1. The predicted octanol–water partition coefficient (Wildman–Crippen LogP) is 3.07. The van der Waals surface area contributed by atoms with Gasteiger partial charge >= 0.3 is 0 Å². The summed E-state index contributed by atoms with van der Waals surface area (Å²) in [6, 6.07) is 8.96. The van der Waals surface area contributed by atoms with Crippen LogP contribution in [0.4, 0.5) is 0 Å². The van der Waals surface area contributed by atoms with Crippen molar-refractivity contribution >= 4 is 21.6 Å². The molecule has 2 atom stereocenters. The number of benzene rings is 1. The zero-order valence-corrected chi connectivity index (χ0v) is 14.5. The van der Waals surface area contributed by atoms with Crippen molar-refractivity contribution < 1.29 is 8.42 Å². The molecule has 0 saturated carbocycles. The molecule has 1 heterocycles. The highest BCUT2D eigenvalue weighted by Crippen LogP contribution is 2.41. The van der Waals surface area contributed by atoms with Crippen LogP contribution in [-0.4, -0.2) is 38.3 Å². The van der Waals surface area contributed by atoms with Crippen molar-refractivity contribution in [3.63, 3.8) is 0 Å². The molecule has 0 spiro atoms. The van der Waals surface area contributed by atoms with Gasteiger partial charge in [0.25, 0.3) is 0 Å². The van der Waals surface area contributed by atoms with Crippen molar-refractivity contribution in [2.24, 2.45) is 0 Å². The van der Waals surface area contributed by atoms with Gasteiger partial charge < -0.3 is 5.32 Å². The van der Waals surface area contributed by atoms with Gasteiger partial charge in [-0.2, -0.15) is 0 Å². The summed E-state index contributed by atoms with van der Waals surface area (Å²) in [4.78, 5) is 1.38. The summed E-state index contributed by atoms with van der Waals surface area (Å²) in [6.45, 7) is 4.76. The third kappa shape index (κ3) is 4.47. The average Bonchev–Trinajstić information content (AvgIpc) is 2.90. The van der Waals surface area contributed by atoms with Crippen molar-refractivity contribution in [3.8, 4) is 0 Å². The zero-order chi connectivity index (χ0) is 15.3. The van der Waals surface area contributed by atoms with Crippen molar-refractivity contribution in [3.05, 3.63) is 29.8 Å². The molecule has 0 aliphatic carbocycles. The van der Waals surface area contributed by atoms with E-state index < -0.39 is 9.84 Å². The maximum absolute atomic E-state index is 11.6. The second kappa shape index (κ2) is 7.65. The highest BCUT2D eigenvalue weighted by Gasteiger charge is 2.29. The molecule has 1 aromatic rings. The Bertz CT molecular complexity index is 557. The van der Waals surface area contributed by atoms with Crippen LogP contribution in [0.1, 0.15) is 38.2 Å². The molecule has 2 rings (SSSR count). The van der Waals surface area contributed by atoms with E-state index in [1.54, 1.807) is 6.92 Å². The zero-order valence-electron chi connectivity index (χ0n) is 12.8. The van der Waals surface area contributed by atoms with Gasteiger partial charge in [-0.05, 0) is 31.0 Å². The monoisotopic (exact) mass is 327 g/mol. The molecule has 0 amide bonds. The first-order valence-corrected chi connectivity index (χ1v) is 10.5. The van der Waals surface area contributed by atoms with E-state index in [1.165, 1.54) is 10.5 Å². The van der Waals surface area contributed by atoms with Crippen molar-refractivity contribution in [1.82, 2.24) is 5.32 Å². The second-order valence-corrected chi connectivity index (χ2v) is 9.03. The Balaban J connectivity index is 2.00. The van der Waals surface area contributed by atoms with Crippen molar-refractivity contribution in [1.29, 1.82) is 0 Å². The quantitative estimate of drug-likeness (QED) is 0.797. The molecule has 2 unspecified atom stereocenters. The first-order chi connectivity index (χ1) is 10.1. The fourth-order valence-corrected chi connectivity index (χ4v) is 5.12. The molecule has 1 N–H and O–H groups in total. The Morgan fingerprint density at radius 3 is 2.81 bits per heavy atom. The second-order valence-electron chi connectivity index (χ2n) is 5.50. The third-order valence-electron chi connectivity index (χ3n) is 4.10. The summed E-state index contributed by atoms with van der Waals surface area (Å²) in [5.74, 6) is 2.15. The minimum atomic E-state index is -2.85. The Hall–Kier alpha value is -0.520. The summed E-state index contributed by atoms with van der Waals surface area (Å²) < 4.78 is 23.3. The van der Waals surface area contributed by atoms with E-state index in [1.807, 2.05) is 11.8 Å². The molecule has 21 heavy (non-hydrogen) atoms. The lowest BCUT2D eigenvalue weighted by Gasteiger charge is -2.25. The topological polar surface area (TPSA) is 46.2 Å². The van der Waals surface area contributed by atoms with Crippen LogP contribution in [0.25, 0.3) is 0 Å². The number of sulfone groups is 1. The molecule has 0 fully saturated rings. The van der Waals surface area contributed by atoms with Crippen LogP contribution >= 0.6 is 11.8 Å². The van der Waals surface area contributed by atoms with Crippen LogP contribution in [0.2, 0.25) is 0 Å². The highest BCUT2D eigenvalue weighted by molar-refractivity contribution is 7.99. The standard InChI is InChI=1S/C16H25NO2S2/c1-3-17-15(9-7-11-21(18,19)4-2)14-12-20-16-10-6-5-8-13(14)16/h5-6,8,10,14-15,17H,3-4,7,9,11-12H2,1-2H3. The van der Waals surface area contributed by atoms with E-state index in [0.29, 0.717) is 17.7 Å². The van der Waals surface area contributed by atoms with Gasteiger partial charge in [-0.1, -0.05) is 32.0 Å². The van der Waals surface area contributed by atoms with Crippen LogP contribution in [0.3, 0.4) is 0 Å². The maximum atomic E-state index is 11.6. The lowest BCUT2D eigenvalue weighted by atomic mass is 9.90. The van der Waals surface area contributed by atoms with Gasteiger partial charge in [0.05, 0.1) is 5.75 Å². The van der Waals surface area contributed by atoms with Crippen LogP contribution < -0.4 is 5.32 Å². The van der Waals surface area contributed by atoms with Gasteiger partial charge in [0.1, 0.15) is 9.84 Å². The summed E-state index contributed by atoms with van der Waals surface area (Å²) in [5.41, 5.74) is 1.42. The minimum absolute atomic E-state index is 0.251. The molecule has 0 radical (unpaired) electrons. The molecule has 0 bridgehead atoms. The maximum Gasteiger partial charge on any atom is 0.150 e. The summed E-state index contributed by atoms with van der Waals surface area (Å²) in [6.07, 6.45) is 1.67. The molecule has 118 valence electrons. The van der Waals surface area contributed by atoms with E-state index in [9.17, 15) is 8.42 Å². The van der Waals surface area contributed by atoms with Crippen molar-refractivity contribution in [2.75, 3.05) is 23.8 Å². The summed E-state index contributed by atoms with van der Waals surface area (Å²) >= 11 is 1.92. The van der Waals surface area contributed by atoms with Gasteiger partial charge in [-0.3, -0.25) is 0 Å². The van der Waals surface area contributed by atoms with Gasteiger partial charge in [0.2, 0.25) is 0 Å². The largest absolute Gasteiger partial charge is 0.314 e. The van der Waals surface area contributed by atoms with Gasteiger partial charge in [0.15, 0.2) is 0 Å². The Kier molecular flexibility index (Phi) is 6.14. The van der Waals surface area contributed by atoms with E-state index in [0.717, 1.165) is 25.1 Å². The SMILES string of the molecule is CCNC(CCCS(=O)(=O)CC)C1CSc2ccccc21. The molecule has 0 aromatic heterocycles. The summed E-state index contributed by atoms with van der Waals surface area (Å²) in [7, 11) is -2.85. The first-order valence-electron chi connectivity index (χ1n) is 7.73. The van der Waals surface area contributed by atoms with Crippen molar-refractivity contribution in [2.45, 2.75) is 43.5 Å². The molecule has 0 saturated heterocycles. The molecular formula is C16H25NO2S2. The lowest BCUT2D eigenvalue weighted by molar-refractivity contribution is 0.434.